The molecule has 0 fully saturated rings. The third-order valence-corrected chi connectivity index (χ3v) is 3.45. The van der Waals surface area contributed by atoms with E-state index in [9.17, 15) is 0 Å². The Kier molecular flexibility index (Phi) is 4.15. The van der Waals surface area contributed by atoms with Crippen LogP contribution in [0.1, 0.15) is 12.5 Å². The molecule has 0 saturated carbocycles. The first-order valence-electron chi connectivity index (χ1n) is 5.81. The quantitative estimate of drug-likeness (QED) is 0.735. The van der Waals surface area contributed by atoms with Crippen molar-refractivity contribution in [2.75, 3.05) is 6.61 Å². The molecule has 0 saturated heterocycles. The molecule has 0 aromatic heterocycles. The van der Waals surface area contributed by atoms with E-state index < -0.39 is 0 Å². The first-order chi connectivity index (χ1) is 8.63. The summed E-state index contributed by atoms with van der Waals surface area (Å²) >= 11 is 12.1. The highest BCUT2D eigenvalue weighted by Gasteiger charge is 2.12. The third kappa shape index (κ3) is 2.63. The van der Waals surface area contributed by atoms with Crippen LogP contribution in [0.5, 0.6) is 5.75 Å². The number of benzene rings is 2. The molecule has 0 unspecified atom stereocenters. The van der Waals surface area contributed by atoms with Gasteiger partial charge >= 0.3 is 0 Å². The fourth-order valence-corrected chi connectivity index (χ4v) is 2.20. The lowest BCUT2D eigenvalue weighted by Gasteiger charge is -2.14. The highest BCUT2D eigenvalue weighted by molar-refractivity contribution is 6.32. The highest BCUT2D eigenvalue weighted by Crippen LogP contribution is 2.37. The predicted molar refractivity (Wildman–Crippen MR) is 77.8 cm³/mol. The molecule has 0 bridgehead atoms. The zero-order chi connectivity index (χ0) is 13.1. The van der Waals surface area contributed by atoms with E-state index in [0.717, 1.165) is 32.5 Å². The smallest absolute Gasteiger partial charge is 0.127 e. The van der Waals surface area contributed by atoms with Gasteiger partial charge in [0.25, 0.3) is 0 Å². The van der Waals surface area contributed by atoms with Gasteiger partial charge in [-0.2, -0.15) is 0 Å². The van der Waals surface area contributed by atoms with Gasteiger partial charge in [0.1, 0.15) is 5.75 Å². The van der Waals surface area contributed by atoms with E-state index in [1.165, 1.54) is 0 Å². The lowest BCUT2D eigenvalue weighted by Crippen LogP contribution is -1.96. The Morgan fingerprint density at radius 2 is 1.67 bits per heavy atom. The van der Waals surface area contributed by atoms with E-state index in [1.54, 1.807) is 0 Å². The second kappa shape index (κ2) is 5.64. The van der Waals surface area contributed by atoms with Crippen molar-refractivity contribution in [3.05, 3.63) is 52.0 Å². The van der Waals surface area contributed by atoms with E-state index in [-0.39, 0.29) is 0 Å². The Morgan fingerprint density at radius 1 is 1.00 bits per heavy atom. The molecule has 2 aromatic rings. The van der Waals surface area contributed by atoms with Gasteiger partial charge in [0.15, 0.2) is 0 Å². The van der Waals surface area contributed by atoms with E-state index in [0.29, 0.717) is 6.61 Å². The van der Waals surface area contributed by atoms with E-state index in [2.05, 4.69) is 0 Å². The molecule has 1 nitrogen and oxygen atoms in total. The van der Waals surface area contributed by atoms with Crippen molar-refractivity contribution in [3.8, 4) is 16.9 Å². The van der Waals surface area contributed by atoms with Crippen LogP contribution >= 0.6 is 23.2 Å². The molecule has 3 heteroatoms. The van der Waals surface area contributed by atoms with Crippen LogP contribution in [0.15, 0.2) is 36.4 Å². The van der Waals surface area contributed by atoms with Crippen molar-refractivity contribution in [2.45, 2.75) is 13.8 Å². The van der Waals surface area contributed by atoms with E-state index in [4.69, 9.17) is 27.9 Å². The number of ether oxygens (including phenoxy) is 1. The Hall–Kier alpha value is -1.18. The SMILES string of the molecule is CCOc1ccc(Cl)c(C)c1-c1ccc(Cl)cc1. The van der Waals surface area contributed by atoms with Crippen molar-refractivity contribution in [2.24, 2.45) is 0 Å². The maximum Gasteiger partial charge on any atom is 0.127 e. The van der Waals surface area contributed by atoms with Gasteiger partial charge < -0.3 is 4.74 Å². The van der Waals surface area contributed by atoms with Gasteiger partial charge in [-0.15, -0.1) is 0 Å². The summed E-state index contributed by atoms with van der Waals surface area (Å²) < 4.78 is 5.67. The molecule has 0 spiro atoms. The van der Waals surface area contributed by atoms with Crippen LogP contribution in [0.3, 0.4) is 0 Å². The molecule has 2 aromatic carbocycles. The lowest BCUT2D eigenvalue weighted by molar-refractivity contribution is 0.341. The van der Waals surface area contributed by atoms with Gasteiger partial charge in [-0.1, -0.05) is 35.3 Å². The zero-order valence-electron chi connectivity index (χ0n) is 10.3. The molecule has 0 amide bonds. The second-order valence-electron chi connectivity index (χ2n) is 3.99. The number of halogens is 2. The molecule has 0 N–H and O–H groups in total. The molecule has 0 aliphatic rings. The molecule has 0 aliphatic carbocycles. The van der Waals surface area contributed by atoms with Crippen molar-refractivity contribution < 1.29 is 4.74 Å². The predicted octanol–water partition coefficient (Wildman–Crippen LogP) is 5.37. The standard InChI is InChI=1S/C15H14Cl2O/c1-3-18-14-9-8-13(17)10(2)15(14)11-4-6-12(16)7-5-11/h4-9H,3H2,1-2H3. The summed E-state index contributed by atoms with van der Waals surface area (Å²) in [5.74, 6) is 0.849. The molecule has 0 atom stereocenters. The van der Waals surface area contributed by atoms with Crippen LogP contribution in [0.4, 0.5) is 0 Å². The molecule has 0 aliphatic heterocycles. The van der Waals surface area contributed by atoms with Crippen molar-refractivity contribution >= 4 is 23.2 Å². The Morgan fingerprint density at radius 3 is 2.28 bits per heavy atom. The van der Waals surface area contributed by atoms with E-state index in [1.807, 2.05) is 50.2 Å². The fraction of sp³-hybridized carbons (Fsp3) is 0.200. The second-order valence-corrected chi connectivity index (χ2v) is 4.83. The number of hydrogen-bond donors (Lipinski definition) is 0. The normalized spacial score (nSPS) is 10.4. The maximum absolute atomic E-state index is 6.19. The molecular weight excluding hydrogens is 267 g/mol. The summed E-state index contributed by atoms with van der Waals surface area (Å²) in [6.45, 7) is 4.59. The maximum atomic E-state index is 6.19. The van der Waals surface area contributed by atoms with Crippen molar-refractivity contribution in [1.29, 1.82) is 0 Å². The first-order valence-corrected chi connectivity index (χ1v) is 6.57. The van der Waals surface area contributed by atoms with Crippen LogP contribution in [0.25, 0.3) is 11.1 Å². The molecule has 0 radical (unpaired) electrons. The van der Waals surface area contributed by atoms with Crippen LogP contribution < -0.4 is 4.74 Å². The van der Waals surface area contributed by atoms with Gasteiger partial charge in [0.05, 0.1) is 6.61 Å². The van der Waals surface area contributed by atoms with Gasteiger partial charge in [0.2, 0.25) is 0 Å². The van der Waals surface area contributed by atoms with Crippen LogP contribution in [0, 0.1) is 6.92 Å². The minimum Gasteiger partial charge on any atom is -0.493 e. The summed E-state index contributed by atoms with van der Waals surface area (Å²) in [5.41, 5.74) is 3.11. The Balaban J connectivity index is 2.60. The van der Waals surface area contributed by atoms with Gasteiger partial charge in [-0.05, 0) is 49.2 Å². The third-order valence-electron chi connectivity index (χ3n) is 2.79. The highest BCUT2D eigenvalue weighted by atomic mass is 35.5. The van der Waals surface area contributed by atoms with E-state index >= 15 is 0 Å². The summed E-state index contributed by atoms with van der Waals surface area (Å²) in [7, 11) is 0. The van der Waals surface area contributed by atoms with Gasteiger partial charge in [-0.3, -0.25) is 0 Å². The minimum atomic E-state index is 0.627. The summed E-state index contributed by atoms with van der Waals surface area (Å²) in [4.78, 5) is 0. The molecule has 2 rings (SSSR count). The molecule has 18 heavy (non-hydrogen) atoms. The fourth-order valence-electron chi connectivity index (χ4n) is 1.91. The lowest BCUT2D eigenvalue weighted by atomic mass is 9.99. The topological polar surface area (TPSA) is 9.23 Å². The zero-order valence-corrected chi connectivity index (χ0v) is 11.8. The molecule has 0 heterocycles. The van der Waals surface area contributed by atoms with Gasteiger partial charge in [-0.25, -0.2) is 0 Å². The number of rotatable bonds is 3. The average Bonchev–Trinajstić information content (AvgIpc) is 2.36. The molecule has 94 valence electrons. The monoisotopic (exact) mass is 280 g/mol. The Bertz CT molecular complexity index is 547. The van der Waals surface area contributed by atoms with Gasteiger partial charge in [0, 0.05) is 15.6 Å². The van der Waals surface area contributed by atoms with Crippen LogP contribution in [0.2, 0.25) is 10.0 Å². The first kappa shape index (κ1) is 13.3. The summed E-state index contributed by atoms with van der Waals surface area (Å²) in [6, 6.07) is 11.5. The van der Waals surface area contributed by atoms with Crippen LogP contribution in [-0.4, -0.2) is 6.61 Å². The number of hydrogen-bond acceptors (Lipinski definition) is 1. The van der Waals surface area contributed by atoms with Crippen molar-refractivity contribution in [1.82, 2.24) is 0 Å². The minimum absolute atomic E-state index is 0.627. The van der Waals surface area contributed by atoms with Crippen LogP contribution in [-0.2, 0) is 0 Å². The Labute approximate surface area is 117 Å². The largest absolute Gasteiger partial charge is 0.493 e. The average molecular weight is 281 g/mol. The summed E-state index contributed by atoms with van der Waals surface area (Å²) in [6.07, 6.45) is 0. The van der Waals surface area contributed by atoms with Crippen molar-refractivity contribution in [3.63, 3.8) is 0 Å². The molecular formula is C15H14Cl2O. The summed E-state index contributed by atoms with van der Waals surface area (Å²) in [5, 5.41) is 1.46.